The highest BCUT2D eigenvalue weighted by atomic mass is 16.5. The quantitative estimate of drug-likeness (QED) is 0.656. The molecule has 0 fully saturated rings. The first-order valence-electron chi connectivity index (χ1n) is 5.76. The number of carbonyl (C=O) groups is 2. The maximum Gasteiger partial charge on any atom is 0.330 e. The number of benzene rings is 1. The van der Waals surface area contributed by atoms with Crippen LogP contribution >= 0.6 is 0 Å². The molecule has 1 rings (SSSR count). The van der Waals surface area contributed by atoms with Crippen LogP contribution in [0.15, 0.2) is 30.4 Å². The fourth-order valence-corrected chi connectivity index (χ4v) is 1.40. The SMILES string of the molecule is CCOC(=O)/C=C\C(=O)Nc1cccc(C)c1C. The van der Waals surface area contributed by atoms with E-state index in [-0.39, 0.29) is 5.91 Å². The standard InChI is InChI=1S/C14H17NO3/c1-4-18-14(17)9-8-13(16)15-12-7-5-6-10(2)11(12)3/h5-9H,4H2,1-3H3,(H,15,16)/b9-8-. The topological polar surface area (TPSA) is 55.4 Å². The Hall–Kier alpha value is -2.10. The molecule has 0 radical (unpaired) electrons. The summed E-state index contributed by atoms with van der Waals surface area (Å²) >= 11 is 0. The van der Waals surface area contributed by atoms with Gasteiger partial charge in [0.15, 0.2) is 0 Å². The smallest absolute Gasteiger partial charge is 0.330 e. The van der Waals surface area contributed by atoms with Gasteiger partial charge in [0.25, 0.3) is 0 Å². The largest absolute Gasteiger partial charge is 0.463 e. The summed E-state index contributed by atoms with van der Waals surface area (Å²) in [7, 11) is 0. The lowest BCUT2D eigenvalue weighted by atomic mass is 10.1. The zero-order valence-electron chi connectivity index (χ0n) is 10.8. The number of nitrogens with one attached hydrogen (secondary N) is 1. The van der Waals surface area contributed by atoms with E-state index in [4.69, 9.17) is 0 Å². The highest BCUT2D eigenvalue weighted by Crippen LogP contribution is 2.17. The number of rotatable bonds is 4. The van der Waals surface area contributed by atoms with E-state index >= 15 is 0 Å². The fourth-order valence-electron chi connectivity index (χ4n) is 1.40. The number of carbonyl (C=O) groups excluding carboxylic acids is 2. The van der Waals surface area contributed by atoms with Crippen LogP contribution in [0.3, 0.4) is 0 Å². The lowest BCUT2D eigenvalue weighted by Crippen LogP contribution is -2.10. The molecule has 0 saturated heterocycles. The van der Waals surface area contributed by atoms with Crippen molar-refractivity contribution in [1.82, 2.24) is 0 Å². The van der Waals surface area contributed by atoms with Gasteiger partial charge >= 0.3 is 5.97 Å². The van der Waals surface area contributed by atoms with Crippen LogP contribution in [0.25, 0.3) is 0 Å². The predicted octanol–water partition coefficient (Wildman–Crippen LogP) is 2.36. The van der Waals surface area contributed by atoms with E-state index < -0.39 is 5.97 Å². The van der Waals surface area contributed by atoms with Crippen molar-refractivity contribution in [3.63, 3.8) is 0 Å². The number of aryl methyl sites for hydroxylation is 1. The molecule has 1 N–H and O–H groups in total. The third kappa shape index (κ3) is 4.05. The summed E-state index contributed by atoms with van der Waals surface area (Å²) in [6, 6.07) is 5.66. The minimum absolute atomic E-state index is 0.293. The Kier molecular flexibility index (Phi) is 5.11. The van der Waals surface area contributed by atoms with E-state index in [0.29, 0.717) is 6.61 Å². The summed E-state index contributed by atoms with van der Waals surface area (Å²) in [4.78, 5) is 22.6. The average Bonchev–Trinajstić information content (AvgIpc) is 2.33. The molecule has 1 aromatic rings. The van der Waals surface area contributed by atoms with Crippen molar-refractivity contribution >= 4 is 17.6 Å². The molecule has 0 saturated carbocycles. The summed E-state index contributed by atoms with van der Waals surface area (Å²) in [5, 5.41) is 2.71. The Morgan fingerprint density at radius 2 is 2.00 bits per heavy atom. The second-order valence-electron chi connectivity index (χ2n) is 3.82. The molecule has 4 nitrogen and oxygen atoms in total. The Morgan fingerprint density at radius 1 is 1.28 bits per heavy atom. The molecule has 0 bridgehead atoms. The molecule has 0 unspecified atom stereocenters. The molecule has 0 aliphatic carbocycles. The number of hydrogen-bond acceptors (Lipinski definition) is 3. The Balaban J connectivity index is 2.65. The first-order chi connectivity index (χ1) is 8.54. The summed E-state index contributed by atoms with van der Waals surface area (Å²) in [5.41, 5.74) is 2.85. The second kappa shape index (κ2) is 6.59. The molecule has 0 heterocycles. The van der Waals surface area contributed by atoms with Gasteiger partial charge in [-0.15, -0.1) is 0 Å². The molecule has 1 aromatic carbocycles. The van der Waals surface area contributed by atoms with Crippen molar-refractivity contribution in [3.05, 3.63) is 41.5 Å². The lowest BCUT2D eigenvalue weighted by Gasteiger charge is -2.08. The Morgan fingerprint density at radius 3 is 2.67 bits per heavy atom. The van der Waals surface area contributed by atoms with Gasteiger partial charge in [-0.1, -0.05) is 12.1 Å². The first kappa shape index (κ1) is 14.0. The summed E-state index contributed by atoms with van der Waals surface area (Å²) in [5.74, 6) is -0.870. The van der Waals surface area contributed by atoms with E-state index in [1.165, 1.54) is 6.08 Å². The zero-order chi connectivity index (χ0) is 13.5. The van der Waals surface area contributed by atoms with Gasteiger partial charge < -0.3 is 10.1 Å². The molecular formula is C14H17NO3. The van der Waals surface area contributed by atoms with Crippen molar-refractivity contribution in [3.8, 4) is 0 Å². The molecule has 1 amide bonds. The maximum absolute atomic E-state index is 11.6. The van der Waals surface area contributed by atoms with Gasteiger partial charge in [-0.2, -0.15) is 0 Å². The maximum atomic E-state index is 11.6. The third-order valence-corrected chi connectivity index (χ3v) is 2.52. The average molecular weight is 247 g/mol. The lowest BCUT2D eigenvalue weighted by molar-refractivity contribution is -0.137. The Bertz CT molecular complexity index is 478. The first-order valence-corrected chi connectivity index (χ1v) is 5.76. The third-order valence-electron chi connectivity index (χ3n) is 2.52. The van der Waals surface area contributed by atoms with Gasteiger partial charge in [-0.05, 0) is 38.0 Å². The van der Waals surface area contributed by atoms with Crippen molar-refractivity contribution in [2.24, 2.45) is 0 Å². The van der Waals surface area contributed by atoms with Crippen molar-refractivity contribution in [2.45, 2.75) is 20.8 Å². The molecule has 0 aliphatic heterocycles. The number of hydrogen-bond donors (Lipinski definition) is 1. The fraction of sp³-hybridized carbons (Fsp3) is 0.286. The summed E-state index contributed by atoms with van der Waals surface area (Å²) in [6.07, 6.45) is 2.28. The van der Waals surface area contributed by atoms with Crippen molar-refractivity contribution < 1.29 is 14.3 Å². The molecule has 0 aromatic heterocycles. The number of amides is 1. The number of anilines is 1. The van der Waals surface area contributed by atoms with Crippen LogP contribution in [0.2, 0.25) is 0 Å². The Labute approximate surface area is 107 Å². The summed E-state index contributed by atoms with van der Waals surface area (Å²) in [6.45, 7) is 5.91. The van der Waals surface area contributed by atoms with Crippen LogP contribution in [0.1, 0.15) is 18.1 Å². The second-order valence-corrected chi connectivity index (χ2v) is 3.82. The molecule has 4 heteroatoms. The van der Waals surface area contributed by atoms with E-state index in [1.807, 2.05) is 32.0 Å². The van der Waals surface area contributed by atoms with Crippen LogP contribution in [-0.2, 0) is 14.3 Å². The van der Waals surface area contributed by atoms with E-state index in [1.54, 1.807) is 6.92 Å². The van der Waals surface area contributed by atoms with Gasteiger partial charge in [0, 0.05) is 17.8 Å². The highest BCUT2D eigenvalue weighted by molar-refractivity contribution is 6.02. The van der Waals surface area contributed by atoms with Crippen LogP contribution < -0.4 is 5.32 Å². The van der Waals surface area contributed by atoms with E-state index in [2.05, 4.69) is 10.1 Å². The van der Waals surface area contributed by atoms with Crippen LogP contribution in [0.4, 0.5) is 5.69 Å². The number of esters is 1. The van der Waals surface area contributed by atoms with Gasteiger partial charge in [-0.3, -0.25) is 4.79 Å². The molecule has 96 valence electrons. The van der Waals surface area contributed by atoms with Gasteiger partial charge in [0.05, 0.1) is 6.61 Å². The predicted molar refractivity (Wildman–Crippen MR) is 70.3 cm³/mol. The zero-order valence-corrected chi connectivity index (χ0v) is 10.8. The minimum atomic E-state index is -0.520. The molecular weight excluding hydrogens is 230 g/mol. The molecule has 0 aliphatic rings. The molecule has 0 atom stereocenters. The van der Waals surface area contributed by atoms with Gasteiger partial charge in [0.2, 0.25) is 5.91 Å². The van der Waals surface area contributed by atoms with Crippen LogP contribution in [-0.4, -0.2) is 18.5 Å². The van der Waals surface area contributed by atoms with Gasteiger partial charge in [-0.25, -0.2) is 4.79 Å². The van der Waals surface area contributed by atoms with Crippen molar-refractivity contribution in [1.29, 1.82) is 0 Å². The monoisotopic (exact) mass is 247 g/mol. The van der Waals surface area contributed by atoms with E-state index in [9.17, 15) is 9.59 Å². The number of ether oxygens (including phenoxy) is 1. The summed E-state index contributed by atoms with van der Waals surface area (Å²) < 4.78 is 4.68. The normalized spacial score (nSPS) is 10.4. The molecule has 0 spiro atoms. The van der Waals surface area contributed by atoms with Gasteiger partial charge in [0.1, 0.15) is 0 Å². The highest BCUT2D eigenvalue weighted by Gasteiger charge is 2.03. The molecule has 18 heavy (non-hydrogen) atoms. The van der Waals surface area contributed by atoms with Crippen LogP contribution in [0, 0.1) is 13.8 Å². The van der Waals surface area contributed by atoms with E-state index in [0.717, 1.165) is 22.9 Å². The minimum Gasteiger partial charge on any atom is -0.463 e. The van der Waals surface area contributed by atoms with Crippen molar-refractivity contribution in [2.75, 3.05) is 11.9 Å². The van der Waals surface area contributed by atoms with Crippen LogP contribution in [0.5, 0.6) is 0 Å².